The summed E-state index contributed by atoms with van der Waals surface area (Å²) in [6.07, 6.45) is 7.26. The second-order valence-corrected chi connectivity index (χ2v) is 8.97. The van der Waals surface area contributed by atoms with Crippen molar-refractivity contribution in [3.8, 4) is 17.3 Å². The fourth-order valence-electron chi connectivity index (χ4n) is 4.74. The number of hydrogen-bond donors (Lipinski definition) is 1. The number of anilines is 2. The van der Waals surface area contributed by atoms with E-state index in [1.807, 2.05) is 58.8 Å². The van der Waals surface area contributed by atoms with E-state index in [4.69, 9.17) is 10.4 Å². The van der Waals surface area contributed by atoms with Gasteiger partial charge in [0.1, 0.15) is 6.42 Å². The molecule has 5 aromatic rings. The molecular weight excluding hydrogens is 456 g/mol. The lowest BCUT2D eigenvalue weighted by Gasteiger charge is -2.31. The van der Waals surface area contributed by atoms with Crippen molar-refractivity contribution >= 4 is 34.1 Å². The summed E-state index contributed by atoms with van der Waals surface area (Å²) in [7, 11) is 1.86. The van der Waals surface area contributed by atoms with Crippen LogP contribution in [0.3, 0.4) is 0 Å². The Bertz CT molecular complexity index is 1610. The van der Waals surface area contributed by atoms with Crippen LogP contribution in [0.25, 0.3) is 27.8 Å². The van der Waals surface area contributed by atoms with E-state index in [2.05, 4.69) is 32.8 Å². The molecule has 1 amide bonds. The average molecular weight is 481 g/mol. The van der Waals surface area contributed by atoms with Crippen molar-refractivity contribution in [2.75, 3.05) is 18.4 Å². The van der Waals surface area contributed by atoms with Gasteiger partial charge in [-0.1, -0.05) is 12.1 Å². The summed E-state index contributed by atoms with van der Waals surface area (Å²) in [5.74, 6) is 0.413. The number of rotatable bonds is 5. The van der Waals surface area contributed by atoms with E-state index in [1.54, 1.807) is 15.8 Å². The van der Waals surface area contributed by atoms with Crippen molar-refractivity contribution in [3.05, 3.63) is 55.0 Å². The third kappa shape index (κ3) is 4.02. The SMILES string of the molecule is Cn1cc(Nc2nc3cccc(-c4ccc5nn(C6CCN(C(=O)CC#N)CC6)cc5c4)n3n2)cn1. The zero-order chi connectivity index (χ0) is 24.6. The molecule has 1 aliphatic rings. The minimum absolute atomic E-state index is 0.0569. The molecule has 1 saturated heterocycles. The zero-order valence-corrected chi connectivity index (χ0v) is 19.7. The number of hydrogen-bond acceptors (Lipinski definition) is 7. The highest BCUT2D eigenvalue weighted by Gasteiger charge is 2.24. The van der Waals surface area contributed by atoms with E-state index in [1.165, 1.54) is 0 Å². The molecule has 1 fully saturated rings. The van der Waals surface area contributed by atoms with Gasteiger partial charge in [-0.25, -0.2) is 4.52 Å². The average Bonchev–Trinajstić information content (AvgIpc) is 3.61. The smallest absolute Gasteiger partial charge is 0.247 e. The summed E-state index contributed by atoms with van der Waals surface area (Å²) in [5, 5.41) is 26.7. The van der Waals surface area contributed by atoms with E-state index in [0.29, 0.717) is 19.0 Å². The predicted octanol–water partition coefficient (Wildman–Crippen LogP) is 3.30. The molecule has 1 aromatic carbocycles. The molecule has 1 N–H and O–H groups in total. The Hall–Kier alpha value is -4.72. The lowest BCUT2D eigenvalue weighted by Crippen LogP contribution is -2.38. The van der Waals surface area contributed by atoms with E-state index >= 15 is 0 Å². The fourth-order valence-corrected chi connectivity index (χ4v) is 4.74. The van der Waals surface area contributed by atoms with Crippen molar-refractivity contribution in [2.24, 2.45) is 7.05 Å². The first-order valence-electron chi connectivity index (χ1n) is 11.8. The minimum Gasteiger partial charge on any atom is -0.342 e. The molecule has 11 heteroatoms. The molecule has 1 aliphatic heterocycles. The van der Waals surface area contributed by atoms with Gasteiger partial charge in [-0.05, 0) is 37.1 Å². The fraction of sp³-hybridized carbons (Fsp3) is 0.280. The number of nitrogens with zero attached hydrogens (tertiary/aromatic N) is 9. The molecule has 0 spiro atoms. The Morgan fingerprint density at radius 2 is 2.03 bits per heavy atom. The molecule has 0 saturated carbocycles. The molecule has 0 aliphatic carbocycles. The van der Waals surface area contributed by atoms with E-state index in [9.17, 15) is 4.79 Å². The molecule has 0 bridgehead atoms. The number of nitriles is 1. The number of fused-ring (bicyclic) bond motifs is 2. The molecule has 6 rings (SSSR count). The summed E-state index contributed by atoms with van der Waals surface area (Å²) in [6.45, 7) is 1.30. The highest BCUT2D eigenvalue weighted by atomic mass is 16.2. The maximum absolute atomic E-state index is 12.0. The summed E-state index contributed by atoms with van der Waals surface area (Å²) < 4.78 is 5.57. The lowest BCUT2D eigenvalue weighted by molar-refractivity contribution is -0.131. The Morgan fingerprint density at radius 1 is 1.17 bits per heavy atom. The maximum atomic E-state index is 12.0. The third-order valence-electron chi connectivity index (χ3n) is 6.56. The number of piperidine rings is 1. The van der Waals surface area contributed by atoms with Crippen LogP contribution in [0.5, 0.6) is 0 Å². The number of benzene rings is 1. The quantitative estimate of drug-likeness (QED) is 0.409. The van der Waals surface area contributed by atoms with Gasteiger partial charge in [-0.2, -0.15) is 20.4 Å². The van der Waals surface area contributed by atoms with Crippen molar-refractivity contribution in [1.29, 1.82) is 5.26 Å². The van der Waals surface area contributed by atoms with Gasteiger partial charge in [0.15, 0.2) is 5.65 Å². The standard InChI is InChI=1S/C25H24N10O/c1-32-16-19(14-27-32)28-25-29-23-4-2-3-22(35(23)31-25)17-5-6-21-18(13-17)15-34(30-21)20-8-11-33(12-9-20)24(36)7-10-26/h2-6,13-16,20H,7-9,11-12H2,1H3,(H,28,31). The number of likely N-dealkylation sites (tertiary alicyclic amines) is 1. The zero-order valence-electron chi connectivity index (χ0n) is 19.7. The third-order valence-corrected chi connectivity index (χ3v) is 6.56. The van der Waals surface area contributed by atoms with Crippen LogP contribution in [-0.4, -0.2) is 58.1 Å². The van der Waals surface area contributed by atoms with Crippen LogP contribution in [0.15, 0.2) is 55.0 Å². The van der Waals surface area contributed by atoms with Gasteiger partial charge in [0.25, 0.3) is 0 Å². The van der Waals surface area contributed by atoms with Gasteiger partial charge in [0.2, 0.25) is 11.9 Å². The van der Waals surface area contributed by atoms with Gasteiger partial charge >= 0.3 is 0 Å². The summed E-state index contributed by atoms with van der Waals surface area (Å²) >= 11 is 0. The molecule has 0 atom stereocenters. The molecule has 5 heterocycles. The van der Waals surface area contributed by atoms with Crippen molar-refractivity contribution in [1.82, 2.24) is 39.1 Å². The Balaban J connectivity index is 1.25. The second-order valence-electron chi connectivity index (χ2n) is 8.97. The van der Waals surface area contributed by atoms with Crippen LogP contribution < -0.4 is 5.32 Å². The minimum atomic E-state index is -0.0905. The number of nitrogens with one attached hydrogen (secondary N) is 1. The van der Waals surface area contributed by atoms with Crippen LogP contribution in [0.1, 0.15) is 25.3 Å². The van der Waals surface area contributed by atoms with Crippen LogP contribution in [0.4, 0.5) is 11.6 Å². The molecule has 180 valence electrons. The first kappa shape index (κ1) is 21.8. The second kappa shape index (κ2) is 8.81. The lowest BCUT2D eigenvalue weighted by atomic mass is 10.0. The van der Waals surface area contributed by atoms with Crippen LogP contribution >= 0.6 is 0 Å². The Kier molecular flexibility index (Phi) is 5.33. The molecular formula is C25H24N10O. The maximum Gasteiger partial charge on any atom is 0.247 e. The normalized spacial score (nSPS) is 14.4. The molecule has 0 unspecified atom stereocenters. The van der Waals surface area contributed by atoms with Crippen LogP contribution in [0.2, 0.25) is 0 Å². The van der Waals surface area contributed by atoms with Crippen molar-refractivity contribution in [3.63, 3.8) is 0 Å². The molecule has 0 radical (unpaired) electrons. The van der Waals surface area contributed by atoms with Crippen molar-refractivity contribution < 1.29 is 4.79 Å². The van der Waals surface area contributed by atoms with E-state index in [0.717, 1.165) is 46.3 Å². The highest BCUT2D eigenvalue weighted by molar-refractivity contribution is 5.84. The summed E-state index contributed by atoms with van der Waals surface area (Å²) in [6, 6.07) is 14.3. The number of carbonyl (C=O) groups is 1. The largest absolute Gasteiger partial charge is 0.342 e. The van der Waals surface area contributed by atoms with Gasteiger partial charge in [-0.15, -0.1) is 5.10 Å². The highest BCUT2D eigenvalue weighted by Crippen LogP contribution is 2.28. The monoisotopic (exact) mass is 480 g/mol. The van der Waals surface area contributed by atoms with Crippen molar-refractivity contribution in [2.45, 2.75) is 25.3 Å². The molecule has 4 aromatic heterocycles. The number of pyridine rings is 1. The number of aryl methyl sites for hydroxylation is 1. The molecule has 36 heavy (non-hydrogen) atoms. The first-order chi connectivity index (χ1) is 17.6. The van der Waals surface area contributed by atoms with Crippen LogP contribution in [-0.2, 0) is 11.8 Å². The van der Waals surface area contributed by atoms with E-state index < -0.39 is 0 Å². The number of amides is 1. The van der Waals surface area contributed by atoms with Gasteiger partial charge in [0, 0.05) is 43.5 Å². The summed E-state index contributed by atoms with van der Waals surface area (Å²) in [5.41, 5.74) is 4.43. The number of aromatic nitrogens is 7. The van der Waals surface area contributed by atoms with Gasteiger partial charge in [0.05, 0.1) is 35.2 Å². The topological polar surface area (TPSA) is 122 Å². The van der Waals surface area contributed by atoms with Gasteiger partial charge < -0.3 is 10.2 Å². The van der Waals surface area contributed by atoms with E-state index in [-0.39, 0.29) is 18.4 Å². The van der Waals surface area contributed by atoms with Crippen LogP contribution in [0, 0.1) is 11.3 Å². The molecule has 11 nitrogen and oxygen atoms in total. The Labute approximate surface area is 206 Å². The Morgan fingerprint density at radius 3 is 2.81 bits per heavy atom. The number of carbonyl (C=O) groups excluding carboxylic acids is 1. The predicted molar refractivity (Wildman–Crippen MR) is 133 cm³/mol. The van der Waals surface area contributed by atoms with Gasteiger partial charge in [-0.3, -0.25) is 14.2 Å². The summed E-state index contributed by atoms with van der Waals surface area (Å²) in [4.78, 5) is 18.4. The first-order valence-corrected chi connectivity index (χ1v) is 11.8.